The van der Waals surface area contributed by atoms with E-state index in [1.807, 2.05) is 6.92 Å². The smallest absolute Gasteiger partial charge is 0.256 e. The predicted octanol–water partition coefficient (Wildman–Crippen LogP) is 2.68. The zero-order chi connectivity index (χ0) is 14.0. The van der Waals surface area contributed by atoms with E-state index in [2.05, 4.69) is 0 Å². The first kappa shape index (κ1) is 14.3. The number of carbonyl (C=O) groups is 1. The van der Waals surface area contributed by atoms with Crippen molar-refractivity contribution in [2.45, 2.75) is 25.8 Å². The Balaban J connectivity index is 2.15. The van der Waals surface area contributed by atoms with Crippen LogP contribution in [-0.4, -0.2) is 29.9 Å². The largest absolute Gasteiger partial charge is 0.338 e. The Morgan fingerprint density at radius 1 is 1.58 bits per heavy atom. The Morgan fingerprint density at radius 3 is 2.95 bits per heavy atom. The summed E-state index contributed by atoms with van der Waals surface area (Å²) in [6.45, 7) is 3.20. The molecular formula is C14H18ClFN2O. The summed E-state index contributed by atoms with van der Waals surface area (Å²) in [6.07, 6.45) is 1.93. The van der Waals surface area contributed by atoms with E-state index in [1.54, 1.807) is 4.90 Å². The molecule has 0 spiro atoms. The highest BCUT2D eigenvalue weighted by molar-refractivity contribution is 6.30. The average molecular weight is 285 g/mol. The van der Waals surface area contributed by atoms with Crippen molar-refractivity contribution in [1.29, 1.82) is 0 Å². The van der Waals surface area contributed by atoms with Crippen LogP contribution in [0.4, 0.5) is 4.39 Å². The second kappa shape index (κ2) is 5.88. The van der Waals surface area contributed by atoms with Crippen LogP contribution in [0.25, 0.3) is 0 Å². The number of rotatable bonds is 2. The number of carbonyl (C=O) groups excluding carboxylic acids is 1. The highest BCUT2D eigenvalue weighted by Gasteiger charge is 2.27. The molecule has 19 heavy (non-hydrogen) atoms. The zero-order valence-electron chi connectivity index (χ0n) is 10.9. The molecule has 104 valence electrons. The lowest BCUT2D eigenvalue weighted by Gasteiger charge is -2.34. The summed E-state index contributed by atoms with van der Waals surface area (Å²) in [4.78, 5) is 14.0. The van der Waals surface area contributed by atoms with Crippen LogP contribution in [0.1, 0.15) is 30.1 Å². The van der Waals surface area contributed by atoms with Gasteiger partial charge >= 0.3 is 0 Å². The van der Waals surface area contributed by atoms with E-state index in [4.69, 9.17) is 17.3 Å². The van der Waals surface area contributed by atoms with Gasteiger partial charge in [0.05, 0.1) is 5.56 Å². The third-order valence-electron chi connectivity index (χ3n) is 3.65. The first-order valence-corrected chi connectivity index (χ1v) is 6.86. The van der Waals surface area contributed by atoms with Crippen LogP contribution >= 0.6 is 11.6 Å². The fourth-order valence-corrected chi connectivity index (χ4v) is 2.62. The fraction of sp³-hybridized carbons (Fsp3) is 0.500. The third kappa shape index (κ3) is 3.25. The van der Waals surface area contributed by atoms with Crippen molar-refractivity contribution < 1.29 is 9.18 Å². The molecule has 3 nitrogen and oxygen atoms in total. The number of nitrogens with zero attached hydrogens (tertiary/aromatic N) is 1. The number of nitrogens with two attached hydrogens (primary N) is 1. The van der Waals surface area contributed by atoms with Crippen molar-refractivity contribution in [3.63, 3.8) is 0 Å². The Hall–Kier alpha value is -1.13. The normalized spacial score (nSPS) is 21.3. The lowest BCUT2D eigenvalue weighted by atomic mass is 9.92. The predicted molar refractivity (Wildman–Crippen MR) is 73.7 cm³/mol. The van der Waals surface area contributed by atoms with E-state index in [1.165, 1.54) is 18.2 Å². The maximum absolute atomic E-state index is 13.8. The molecule has 1 aromatic rings. The molecule has 1 heterocycles. The summed E-state index contributed by atoms with van der Waals surface area (Å²) in [5.74, 6) is -0.562. The Labute approximate surface area is 117 Å². The van der Waals surface area contributed by atoms with Crippen molar-refractivity contribution in [1.82, 2.24) is 4.90 Å². The molecule has 1 aromatic carbocycles. The molecule has 1 aliphatic rings. The molecule has 0 radical (unpaired) electrons. The SMILES string of the molecule is C[C@@H](N)[C@H]1CCCN(C(=O)c2ccc(Cl)cc2F)C1. The van der Waals surface area contributed by atoms with E-state index in [9.17, 15) is 9.18 Å². The van der Waals surface area contributed by atoms with Crippen molar-refractivity contribution in [3.05, 3.63) is 34.6 Å². The fourth-order valence-electron chi connectivity index (χ4n) is 2.46. The van der Waals surface area contributed by atoms with E-state index >= 15 is 0 Å². The van der Waals surface area contributed by atoms with Gasteiger partial charge in [0, 0.05) is 24.2 Å². The Morgan fingerprint density at radius 2 is 2.32 bits per heavy atom. The third-order valence-corrected chi connectivity index (χ3v) is 3.89. The minimum atomic E-state index is -0.569. The molecule has 2 atom stereocenters. The number of likely N-dealkylation sites (tertiary alicyclic amines) is 1. The first-order valence-electron chi connectivity index (χ1n) is 6.49. The number of piperidine rings is 1. The summed E-state index contributed by atoms with van der Waals surface area (Å²) < 4.78 is 13.8. The molecular weight excluding hydrogens is 267 g/mol. The maximum Gasteiger partial charge on any atom is 0.256 e. The summed E-state index contributed by atoms with van der Waals surface area (Å²) >= 11 is 5.69. The van der Waals surface area contributed by atoms with Crippen LogP contribution in [0.5, 0.6) is 0 Å². The van der Waals surface area contributed by atoms with Crippen LogP contribution in [0.3, 0.4) is 0 Å². The minimum absolute atomic E-state index is 0.0469. The molecule has 5 heteroatoms. The molecule has 1 aliphatic heterocycles. The van der Waals surface area contributed by atoms with Crippen LogP contribution in [0.2, 0.25) is 5.02 Å². The number of halogens is 2. The molecule has 2 N–H and O–H groups in total. The van der Waals surface area contributed by atoms with Gasteiger partial charge in [0.25, 0.3) is 5.91 Å². The lowest BCUT2D eigenvalue weighted by molar-refractivity contribution is 0.0656. The molecule has 0 saturated carbocycles. The molecule has 1 amide bonds. The quantitative estimate of drug-likeness (QED) is 0.907. The van der Waals surface area contributed by atoms with Gasteiger partial charge in [0.2, 0.25) is 0 Å². The van der Waals surface area contributed by atoms with Crippen molar-refractivity contribution in [2.75, 3.05) is 13.1 Å². The highest BCUT2D eigenvalue weighted by atomic mass is 35.5. The molecule has 0 bridgehead atoms. The van der Waals surface area contributed by atoms with Crippen molar-refractivity contribution in [2.24, 2.45) is 11.7 Å². The summed E-state index contributed by atoms with van der Waals surface area (Å²) in [7, 11) is 0. The van der Waals surface area contributed by atoms with Crippen molar-refractivity contribution >= 4 is 17.5 Å². The van der Waals surface area contributed by atoms with Gasteiger partial charge in [-0.15, -0.1) is 0 Å². The van der Waals surface area contributed by atoms with E-state index < -0.39 is 5.82 Å². The van der Waals surface area contributed by atoms with E-state index in [-0.39, 0.29) is 23.4 Å². The monoisotopic (exact) mass is 284 g/mol. The number of benzene rings is 1. The molecule has 1 fully saturated rings. The summed E-state index contributed by atoms with van der Waals surface area (Å²) in [5, 5.41) is 0.293. The molecule has 0 aromatic heterocycles. The standard InChI is InChI=1S/C14H18ClFN2O/c1-9(17)10-3-2-6-18(8-10)14(19)12-5-4-11(15)7-13(12)16/h4-5,7,9-10H,2-3,6,8,17H2,1H3/t9-,10+/m1/s1. The van der Waals surface area contributed by atoms with Crippen LogP contribution < -0.4 is 5.73 Å². The lowest BCUT2D eigenvalue weighted by Crippen LogP contribution is -2.45. The van der Waals surface area contributed by atoms with Gasteiger partial charge in [-0.05, 0) is 43.9 Å². The molecule has 0 aliphatic carbocycles. The van der Waals surface area contributed by atoms with Crippen LogP contribution in [0.15, 0.2) is 18.2 Å². The topological polar surface area (TPSA) is 46.3 Å². The van der Waals surface area contributed by atoms with Crippen LogP contribution in [0, 0.1) is 11.7 Å². The number of amides is 1. The van der Waals surface area contributed by atoms with Gasteiger partial charge in [0.1, 0.15) is 5.82 Å². The van der Waals surface area contributed by atoms with E-state index in [0.717, 1.165) is 12.8 Å². The van der Waals surface area contributed by atoms with Gasteiger partial charge < -0.3 is 10.6 Å². The molecule has 0 unspecified atom stereocenters. The highest BCUT2D eigenvalue weighted by Crippen LogP contribution is 2.22. The first-order chi connectivity index (χ1) is 8.99. The summed E-state index contributed by atoms with van der Waals surface area (Å²) in [5.41, 5.74) is 5.97. The second-order valence-electron chi connectivity index (χ2n) is 5.14. The maximum atomic E-state index is 13.8. The van der Waals surface area contributed by atoms with Crippen LogP contribution in [-0.2, 0) is 0 Å². The van der Waals surface area contributed by atoms with Gasteiger partial charge in [0.15, 0.2) is 0 Å². The Kier molecular flexibility index (Phi) is 4.42. The zero-order valence-corrected chi connectivity index (χ0v) is 11.7. The minimum Gasteiger partial charge on any atom is -0.338 e. The average Bonchev–Trinajstić information content (AvgIpc) is 2.38. The Bertz CT molecular complexity index is 479. The van der Waals surface area contributed by atoms with Gasteiger partial charge in [-0.25, -0.2) is 4.39 Å². The van der Waals surface area contributed by atoms with Gasteiger partial charge in [-0.3, -0.25) is 4.79 Å². The van der Waals surface area contributed by atoms with Gasteiger partial charge in [-0.2, -0.15) is 0 Å². The number of hydrogen-bond donors (Lipinski definition) is 1. The molecule has 1 saturated heterocycles. The van der Waals surface area contributed by atoms with E-state index in [0.29, 0.717) is 18.1 Å². The number of hydrogen-bond acceptors (Lipinski definition) is 2. The van der Waals surface area contributed by atoms with Gasteiger partial charge in [-0.1, -0.05) is 11.6 Å². The molecule has 2 rings (SSSR count). The second-order valence-corrected chi connectivity index (χ2v) is 5.57. The van der Waals surface area contributed by atoms with Crippen molar-refractivity contribution in [3.8, 4) is 0 Å². The summed E-state index contributed by atoms with van der Waals surface area (Å²) in [6, 6.07) is 4.19.